The molecule has 7 heteroatoms. The molecule has 25 heavy (non-hydrogen) atoms. The Bertz CT molecular complexity index is 835. The van der Waals surface area contributed by atoms with Crippen LogP contribution in [0.5, 0.6) is 5.75 Å². The molecular formula is C18H13F4NO2. The lowest BCUT2D eigenvalue weighted by Crippen LogP contribution is -2.24. The zero-order chi connectivity index (χ0) is 18.4. The molecule has 2 rings (SSSR count). The van der Waals surface area contributed by atoms with Gasteiger partial charge in [-0.25, -0.2) is 4.39 Å². The van der Waals surface area contributed by atoms with Gasteiger partial charge in [-0.2, -0.15) is 13.2 Å². The van der Waals surface area contributed by atoms with Crippen molar-refractivity contribution in [3.63, 3.8) is 0 Å². The SMILES string of the molecule is COc1ccc(F)cc1C(=O)NCC#Cc1cccc(C(F)(F)F)c1. The van der Waals surface area contributed by atoms with E-state index in [-0.39, 0.29) is 23.4 Å². The Morgan fingerprint density at radius 3 is 2.64 bits per heavy atom. The van der Waals surface area contributed by atoms with Gasteiger partial charge in [0.05, 0.1) is 24.8 Å². The molecule has 1 N–H and O–H groups in total. The molecule has 130 valence electrons. The molecule has 0 spiro atoms. The summed E-state index contributed by atoms with van der Waals surface area (Å²) in [4.78, 5) is 12.0. The molecule has 0 aliphatic rings. The van der Waals surface area contributed by atoms with Crippen molar-refractivity contribution in [1.82, 2.24) is 5.32 Å². The van der Waals surface area contributed by atoms with E-state index in [0.29, 0.717) is 0 Å². The second-order valence-electron chi connectivity index (χ2n) is 4.91. The molecule has 0 heterocycles. The molecule has 0 aliphatic carbocycles. The van der Waals surface area contributed by atoms with Crippen LogP contribution in [-0.4, -0.2) is 19.6 Å². The fourth-order valence-electron chi connectivity index (χ4n) is 2.00. The van der Waals surface area contributed by atoms with Gasteiger partial charge in [0.2, 0.25) is 0 Å². The van der Waals surface area contributed by atoms with Crippen LogP contribution in [0, 0.1) is 17.7 Å². The van der Waals surface area contributed by atoms with Crippen molar-refractivity contribution in [1.29, 1.82) is 0 Å². The summed E-state index contributed by atoms with van der Waals surface area (Å²) >= 11 is 0. The summed E-state index contributed by atoms with van der Waals surface area (Å²) in [6, 6.07) is 8.05. The van der Waals surface area contributed by atoms with Crippen molar-refractivity contribution in [3.05, 3.63) is 65.0 Å². The zero-order valence-electron chi connectivity index (χ0n) is 13.1. The lowest BCUT2D eigenvalue weighted by molar-refractivity contribution is -0.137. The van der Waals surface area contributed by atoms with Gasteiger partial charge in [-0.05, 0) is 36.4 Å². The predicted molar refractivity (Wildman–Crippen MR) is 83.6 cm³/mol. The van der Waals surface area contributed by atoms with E-state index in [2.05, 4.69) is 17.2 Å². The van der Waals surface area contributed by atoms with Gasteiger partial charge >= 0.3 is 6.18 Å². The highest BCUT2D eigenvalue weighted by molar-refractivity contribution is 5.97. The number of rotatable bonds is 3. The average molecular weight is 351 g/mol. The Labute approximate surface area is 141 Å². The second kappa shape index (κ2) is 7.71. The smallest absolute Gasteiger partial charge is 0.416 e. The van der Waals surface area contributed by atoms with Crippen molar-refractivity contribution in [2.75, 3.05) is 13.7 Å². The van der Waals surface area contributed by atoms with Crippen LogP contribution >= 0.6 is 0 Å². The van der Waals surface area contributed by atoms with Gasteiger partial charge in [0.1, 0.15) is 11.6 Å². The Morgan fingerprint density at radius 1 is 1.20 bits per heavy atom. The Morgan fingerprint density at radius 2 is 1.96 bits per heavy atom. The van der Waals surface area contributed by atoms with Crippen molar-refractivity contribution in [3.8, 4) is 17.6 Å². The number of methoxy groups -OCH3 is 1. The van der Waals surface area contributed by atoms with Crippen LogP contribution < -0.4 is 10.1 Å². The summed E-state index contributed by atoms with van der Waals surface area (Å²) in [6.07, 6.45) is -4.44. The first kappa shape index (κ1) is 18.3. The number of nitrogens with one attached hydrogen (secondary N) is 1. The van der Waals surface area contributed by atoms with E-state index in [9.17, 15) is 22.4 Å². The van der Waals surface area contributed by atoms with E-state index < -0.39 is 23.5 Å². The standard InChI is InChI=1S/C18H13F4NO2/c1-25-16-8-7-14(19)11-15(16)17(24)23-9-3-5-12-4-2-6-13(10-12)18(20,21)22/h2,4,6-8,10-11H,9H2,1H3,(H,23,24). The third-order valence-corrected chi connectivity index (χ3v) is 3.17. The molecule has 0 unspecified atom stereocenters. The van der Waals surface area contributed by atoms with Gasteiger partial charge in [-0.3, -0.25) is 4.79 Å². The number of carbonyl (C=O) groups is 1. The van der Waals surface area contributed by atoms with Crippen molar-refractivity contribution in [2.24, 2.45) is 0 Å². The molecular weight excluding hydrogens is 338 g/mol. The predicted octanol–water partition coefficient (Wildman–Crippen LogP) is 3.63. The summed E-state index contributed by atoms with van der Waals surface area (Å²) < 4.78 is 56.0. The van der Waals surface area contributed by atoms with Gasteiger partial charge in [0.15, 0.2) is 0 Å². The molecule has 0 radical (unpaired) electrons. The number of hydrogen-bond acceptors (Lipinski definition) is 2. The number of halogens is 4. The van der Waals surface area contributed by atoms with E-state index in [1.165, 1.54) is 25.3 Å². The maximum Gasteiger partial charge on any atom is 0.416 e. The van der Waals surface area contributed by atoms with E-state index in [4.69, 9.17) is 4.74 Å². The topological polar surface area (TPSA) is 38.3 Å². The van der Waals surface area contributed by atoms with Crippen LogP contribution in [0.15, 0.2) is 42.5 Å². The van der Waals surface area contributed by atoms with Crippen LogP contribution in [0.1, 0.15) is 21.5 Å². The minimum absolute atomic E-state index is 0.00312. The number of hydrogen-bond donors (Lipinski definition) is 1. The van der Waals surface area contributed by atoms with Crippen LogP contribution in [0.25, 0.3) is 0 Å². The summed E-state index contributed by atoms with van der Waals surface area (Å²) in [5.41, 5.74) is -0.622. The van der Waals surface area contributed by atoms with Gasteiger partial charge in [-0.1, -0.05) is 17.9 Å². The van der Waals surface area contributed by atoms with Crippen LogP contribution in [0.2, 0.25) is 0 Å². The van der Waals surface area contributed by atoms with E-state index >= 15 is 0 Å². The van der Waals surface area contributed by atoms with Crippen LogP contribution in [0.4, 0.5) is 17.6 Å². The van der Waals surface area contributed by atoms with Crippen LogP contribution in [-0.2, 0) is 6.18 Å². The van der Waals surface area contributed by atoms with E-state index in [1.54, 1.807) is 0 Å². The van der Waals surface area contributed by atoms with Crippen LogP contribution in [0.3, 0.4) is 0 Å². The van der Waals surface area contributed by atoms with Gasteiger partial charge in [-0.15, -0.1) is 0 Å². The normalized spacial score (nSPS) is 10.6. The first-order valence-electron chi connectivity index (χ1n) is 7.09. The van der Waals surface area contributed by atoms with E-state index in [0.717, 1.165) is 24.3 Å². The second-order valence-corrected chi connectivity index (χ2v) is 4.91. The Kier molecular flexibility index (Phi) is 5.65. The summed E-state index contributed by atoms with van der Waals surface area (Å²) in [5.74, 6) is 4.08. The highest BCUT2D eigenvalue weighted by Gasteiger charge is 2.30. The maximum absolute atomic E-state index is 13.2. The number of benzene rings is 2. The average Bonchev–Trinajstić information content (AvgIpc) is 2.58. The molecule has 0 fully saturated rings. The molecule has 1 amide bonds. The van der Waals surface area contributed by atoms with Crippen molar-refractivity contribution < 1.29 is 27.1 Å². The quantitative estimate of drug-likeness (QED) is 0.677. The first-order valence-corrected chi connectivity index (χ1v) is 7.09. The highest BCUT2D eigenvalue weighted by atomic mass is 19.4. The largest absolute Gasteiger partial charge is 0.496 e. The lowest BCUT2D eigenvalue weighted by atomic mass is 10.1. The van der Waals surface area contributed by atoms with Crippen molar-refractivity contribution in [2.45, 2.75) is 6.18 Å². The Balaban J connectivity index is 2.04. The molecule has 0 atom stereocenters. The highest BCUT2D eigenvalue weighted by Crippen LogP contribution is 2.29. The fraction of sp³-hybridized carbons (Fsp3) is 0.167. The zero-order valence-corrected chi connectivity index (χ0v) is 13.1. The van der Waals surface area contributed by atoms with Gasteiger partial charge in [0.25, 0.3) is 5.91 Å². The van der Waals surface area contributed by atoms with Gasteiger partial charge < -0.3 is 10.1 Å². The number of alkyl halides is 3. The number of ether oxygens (including phenoxy) is 1. The minimum Gasteiger partial charge on any atom is -0.496 e. The lowest BCUT2D eigenvalue weighted by Gasteiger charge is -2.07. The van der Waals surface area contributed by atoms with Gasteiger partial charge in [0, 0.05) is 5.56 Å². The molecule has 0 saturated carbocycles. The third-order valence-electron chi connectivity index (χ3n) is 3.17. The molecule has 0 aliphatic heterocycles. The summed E-state index contributed by atoms with van der Waals surface area (Å²) in [7, 11) is 1.34. The molecule has 2 aromatic carbocycles. The molecule has 0 bridgehead atoms. The monoisotopic (exact) mass is 351 g/mol. The number of carbonyl (C=O) groups excluding carboxylic acids is 1. The molecule has 0 aromatic heterocycles. The molecule has 0 saturated heterocycles. The maximum atomic E-state index is 13.2. The molecule has 3 nitrogen and oxygen atoms in total. The Hall–Kier alpha value is -3.01. The summed E-state index contributed by atoms with van der Waals surface area (Å²) in [6.45, 7) is -0.116. The minimum atomic E-state index is -4.44. The third kappa shape index (κ3) is 4.98. The van der Waals surface area contributed by atoms with E-state index in [1.807, 2.05) is 0 Å². The van der Waals surface area contributed by atoms with Crippen molar-refractivity contribution >= 4 is 5.91 Å². The summed E-state index contributed by atoms with van der Waals surface area (Å²) in [5, 5.41) is 2.43. The first-order chi connectivity index (χ1) is 11.8. The fourth-order valence-corrected chi connectivity index (χ4v) is 2.00. The number of amides is 1. The molecule has 2 aromatic rings.